The summed E-state index contributed by atoms with van der Waals surface area (Å²) in [6.45, 7) is 6.03. The second kappa shape index (κ2) is 4.41. The fraction of sp³-hybridized carbons (Fsp3) is 0.231. The van der Waals surface area contributed by atoms with Gasteiger partial charge in [-0.15, -0.1) is 0 Å². The van der Waals surface area contributed by atoms with Crippen molar-refractivity contribution in [2.45, 2.75) is 20.8 Å². The summed E-state index contributed by atoms with van der Waals surface area (Å²) in [7, 11) is 0. The molecule has 1 aromatic heterocycles. The number of amides is 1. The quantitative estimate of drug-likeness (QED) is 0.831. The lowest BCUT2D eigenvalue weighted by Gasteiger charge is -2.12. The van der Waals surface area contributed by atoms with E-state index < -0.39 is 0 Å². The van der Waals surface area contributed by atoms with Gasteiger partial charge in [0.15, 0.2) is 0 Å². The molecule has 88 valence electrons. The lowest BCUT2D eigenvalue weighted by molar-refractivity contribution is 0.102. The molecule has 4 nitrogen and oxygen atoms in total. The smallest absolute Gasteiger partial charge is 0.258 e. The van der Waals surface area contributed by atoms with E-state index >= 15 is 0 Å². The van der Waals surface area contributed by atoms with Gasteiger partial charge in [0.05, 0.1) is 11.8 Å². The summed E-state index contributed by atoms with van der Waals surface area (Å²) in [6.07, 6.45) is 3.09. The van der Waals surface area contributed by atoms with Crippen LogP contribution in [0.4, 0.5) is 5.69 Å². The third-order valence-electron chi connectivity index (χ3n) is 2.68. The maximum atomic E-state index is 11.9. The Labute approximate surface area is 100 Å². The molecular weight excluding hydrogens is 214 g/mol. The van der Waals surface area contributed by atoms with Crippen LogP contribution >= 0.6 is 0 Å². The minimum Gasteiger partial charge on any atom is -0.321 e. The van der Waals surface area contributed by atoms with Gasteiger partial charge in [0.2, 0.25) is 0 Å². The molecule has 0 radical (unpaired) electrons. The van der Waals surface area contributed by atoms with Crippen LogP contribution in [0.5, 0.6) is 0 Å². The highest BCUT2D eigenvalue weighted by Gasteiger charge is 2.10. The number of nitrogens with one attached hydrogen (secondary N) is 2. The normalized spacial score (nSPS) is 10.3. The van der Waals surface area contributed by atoms with Crippen molar-refractivity contribution in [3.8, 4) is 0 Å². The van der Waals surface area contributed by atoms with E-state index in [1.54, 1.807) is 6.20 Å². The van der Waals surface area contributed by atoms with Crippen LogP contribution < -0.4 is 5.32 Å². The van der Waals surface area contributed by atoms with E-state index in [1.165, 1.54) is 11.8 Å². The lowest BCUT2D eigenvalue weighted by Crippen LogP contribution is -2.13. The predicted octanol–water partition coefficient (Wildman–Crippen LogP) is 2.59. The van der Waals surface area contributed by atoms with Gasteiger partial charge in [-0.25, -0.2) is 0 Å². The highest BCUT2D eigenvalue weighted by molar-refractivity contribution is 6.04. The fourth-order valence-corrected chi connectivity index (χ4v) is 1.94. The van der Waals surface area contributed by atoms with Crippen molar-refractivity contribution in [3.05, 3.63) is 46.8 Å². The van der Waals surface area contributed by atoms with Crippen molar-refractivity contribution in [3.63, 3.8) is 0 Å². The van der Waals surface area contributed by atoms with Crippen LogP contribution in [0.15, 0.2) is 24.5 Å². The van der Waals surface area contributed by atoms with Crippen LogP contribution in [0.25, 0.3) is 0 Å². The molecule has 1 amide bonds. The van der Waals surface area contributed by atoms with Crippen LogP contribution in [0.3, 0.4) is 0 Å². The monoisotopic (exact) mass is 229 g/mol. The van der Waals surface area contributed by atoms with E-state index in [0.717, 1.165) is 16.8 Å². The van der Waals surface area contributed by atoms with Crippen molar-refractivity contribution in [1.29, 1.82) is 0 Å². The molecular formula is C13H15N3O. The highest BCUT2D eigenvalue weighted by atomic mass is 16.1. The maximum absolute atomic E-state index is 11.9. The molecule has 0 atom stereocenters. The first-order valence-corrected chi connectivity index (χ1v) is 5.46. The Kier molecular flexibility index (Phi) is 2.95. The van der Waals surface area contributed by atoms with E-state index in [1.807, 2.05) is 20.8 Å². The number of aromatic nitrogens is 2. The van der Waals surface area contributed by atoms with Gasteiger partial charge in [-0.3, -0.25) is 9.89 Å². The Morgan fingerprint density at radius 1 is 1.24 bits per heavy atom. The maximum Gasteiger partial charge on any atom is 0.258 e. The highest BCUT2D eigenvalue weighted by Crippen LogP contribution is 2.22. The number of carbonyl (C=O) groups excluding carboxylic acids is 1. The molecule has 17 heavy (non-hydrogen) atoms. The first-order valence-electron chi connectivity index (χ1n) is 5.46. The SMILES string of the molecule is Cc1cc(C)c(NC(=O)c2cn[nH]c2)c(C)c1. The number of aryl methyl sites for hydroxylation is 3. The van der Waals surface area contributed by atoms with E-state index in [0.29, 0.717) is 5.56 Å². The van der Waals surface area contributed by atoms with E-state index in [2.05, 4.69) is 27.6 Å². The Morgan fingerprint density at radius 3 is 2.41 bits per heavy atom. The van der Waals surface area contributed by atoms with Crippen LogP contribution in [0, 0.1) is 20.8 Å². The van der Waals surface area contributed by atoms with Gasteiger partial charge in [0.25, 0.3) is 5.91 Å². The molecule has 1 aromatic carbocycles. The number of carbonyl (C=O) groups is 1. The van der Waals surface area contributed by atoms with Gasteiger partial charge in [-0.2, -0.15) is 5.10 Å². The second-order valence-corrected chi connectivity index (χ2v) is 4.21. The first kappa shape index (κ1) is 11.4. The van der Waals surface area contributed by atoms with Gasteiger partial charge < -0.3 is 5.32 Å². The minimum absolute atomic E-state index is 0.145. The molecule has 0 unspecified atom stereocenters. The zero-order valence-corrected chi connectivity index (χ0v) is 10.2. The summed E-state index contributed by atoms with van der Waals surface area (Å²) in [6, 6.07) is 4.11. The summed E-state index contributed by atoms with van der Waals surface area (Å²) in [5, 5.41) is 9.29. The number of rotatable bonds is 2. The number of aromatic amines is 1. The van der Waals surface area contributed by atoms with E-state index in [4.69, 9.17) is 0 Å². The minimum atomic E-state index is -0.145. The zero-order valence-electron chi connectivity index (χ0n) is 10.2. The molecule has 0 saturated heterocycles. The molecule has 2 N–H and O–H groups in total. The average Bonchev–Trinajstić information content (AvgIpc) is 2.76. The Hall–Kier alpha value is -2.10. The summed E-state index contributed by atoms with van der Waals surface area (Å²) in [5.41, 5.74) is 4.74. The second-order valence-electron chi connectivity index (χ2n) is 4.21. The average molecular weight is 229 g/mol. The van der Waals surface area contributed by atoms with Crippen molar-refractivity contribution in [2.24, 2.45) is 0 Å². The standard InChI is InChI=1S/C13H15N3O/c1-8-4-9(2)12(10(3)5-8)16-13(17)11-6-14-15-7-11/h4-7H,1-3H3,(H,14,15)(H,16,17). The van der Waals surface area contributed by atoms with Crippen molar-refractivity contribution in [1.82, 2.24) is 10.2 Å². The van der Waals surface area contributed by atoms with Gasteiger partial charge >= 0.3 is 0 Å². The fourth-order valence-electron chi connectivity index (χ4n) is 1.94. The summed E-state index contributed by atoms with van der Waals surface area (Å²) in [5.74, 6) is -0.145. The number of nitrogens with zero attached hydrogens (tertiary/aromatic N) is 1. The molecule has 2 rings (SSSR count). The van der Waals surface area contributed by atoms with Crippen molar-refractivity contribution in [2.75, 3.05) is 5.32 Å². The molecule has 0 aliphatic carbocycles. The topological polar surface area (TPSA) is 57.8 Å². The Morgan fingerprint density at radius 2 is 1.88 bits per heavy atom. The molecule has 4 heteroatoms. The molecule has 0 spiro atoms. The van der Waals surface area contributed by atoms with Crippen molar-refractivity contribution >= 4 is 11.6 Å². The molecule has 0 saturated carbocycles. The molecule has 0 fully saturated rings. The van der Waals surface area contributed by atoms with Crippen LogP contribution in [-0.4, -0.2) is 16.1 Å². The van der Waals surface area contributed by atoms with Gasteiger partial charge in [0.1, 0.15) is 0 Å². The molecule has 0 bridgehead atoms. The summed E-state index contributed by atoms with van der Waals surface area (Å²) < 4.78 is 0. The predicted molar refractivity (Wildman–Crippen MR) is 67.2 cm³/mol. The molecule has 1 heterocycles. The Bertz CT molecular complexity index is 521. The number of benzene rings is 1. The van der Waals surface area contributed by atoms with Crippen molar-refractivity contribution < 1.29 is 4.79 Å². The van der Waals surface area contributed by atoms with Gasteiger partial charge in [0, 0.05) is 11.9 Å². The number of hydrogen-bond acceptors (Lipinski definition) is 2. The van der Waals surface area contributed by atoms with Gasteiger partial charge in [-0.05, 0) is 31.9 Å². The van der Waals surface area contributed by atoms with Crippen LogP contribution in [-0.2, 0) is 0 Å². The van der Waals surface area contributed by atoms with Crippen LogP contribution in [0.1, 0.15) is 27.0 Å². The largest absolute Gasteiger partial charge is 0.321 e. The number of H-pyrrole nitrogens is 1. The molecule has 2 aromatic rings. The summed E-state index contributed by atoms with van der Waals surface area (Å²) in [4.78, 5) is 11.9. The van der Waals surface area contributed by atoms with E-state index in [9.17, 15) is 4.79 Å². The number of anilines is 1. The third kappa shape index (κ3) is 2.36. The van der Waals surface area contributed by atoms with E-state index in [-0.39, 0.29) is 5.91 Å². The lowest BCUT2D eigenvalue weighted by atomic mass is 10.0. The third-order valence-corrected chi connectivity index (χ3v) is 2.68. The molecule has 0 aliphatic rings. The summed E-state index contributed by atoms with van der Waals surface area (Å²) >= 11 is 0. The van der Waals surface area contributed by atoms with Crippen LogP contribution in [0.2, 0.25) is 0 Å². The van der Waals surface area contributed by atoms with Gasteiger partial charge in [-0.1, -0.05) is 17.7 Å². The Balaban J connectivity index is 2.28. The zero-order chi connectivity index (χ0) is 12.4. The number of hydrogen-bond donors (Lipinski definition) is 2. The molecule has 0 aliphatic heterocycles. The first-order chi connectivity index (χ1) is 8.08.